The molecule has 0 saturated carbocycles. The number of nitrogens with one attached hydrogen (secondary N) is 1. The average Bonchev–Trinajstić information content (AvgIpc) is 2.78. The summed E-state index contributed by atoms with van der Waals surface area (Å²) in [6.45, 7) is 3.45. The fourth-order valence-corrected chi connectivity index (χ4v) is 3.56. The normalized spacial score (nSPS) is 13.8. The van der Waals surface area contributed by atoms with Gasteiger partial charge >= 0.3 is 0 Å². The van der Waals surface area contributed by atoms with Crippen LogP contribution in [0.15, 0.2) is 48.7 Å². The number of amides is 2. The molecule has 0 unspecified atom stereocenters. The van der Waals surface area contributed by atoms with E-state index in [0.29, 0.717) is 43.4 Å². The lowest BCUT2D eigenvalue weighted by Crippen LogP contribution is -2.49. The second kappa shape index (κ2) is 8.34. The predicted molar refractivity (Wildman–Crippen MR) is 115 cm³/mol. The van der Waals surface area contributed by atoms with Crippen molar-refractivity contribution in [3.8, 4) is 0 Å². The van der Waals surface area contributed by atoms with E-state index in [1.54, 1.807) is 17.2 Å². The number of nitro groups is 1. The molecule has 2 amide bonds. The molecule has 1 saturated heterocycles. The van der Waals surface area contributed by atoms with Crippen LogP contribution in [0.1, 0.15) is 17.3 Å². The van der Waals surface area contributed by atoms with E-state index >= 15 is 0 Å². The number of benzene rings is 1. The molecule has 3 aromatic rings. The number of non-ortho nitro benzene ring substituents is 1. The van der Waals surface area contributed by atoms with Gasteiger partial charge in [-0.1, -0.05) is 6.07 Å². The van der Waals surface area contributed by atoms with Gasteiger partial charge in [-0.2, -0.15) is 0 Å². The smallest absolute Gasteiger partial charge is 0.269 e. The molecule has 0 radical (unpaired) electrons. The van der Waals surface area contributed by atoms with E-state index in [0.717, 1.165) is 10.9 Å². The molecule has 0 atom stereocenters. The largest absolute Gasteiger partial charge is 0.351 e. The van der Waals surface area contributed by atoms with Crippen LogP contribution in [0.2, 0.25) is 0 Å². The van der Waals surface area contributed by atoms with E-state index in [1.807, 2.05) is 17.0 Å². The van der Waals surface area contributed by atoms with E-state index in [-0.39, 0.29) is 17.5 Å². The molecule has 1 aromatic carbocycles. The fraction of sp³-hybridized carbons (Fsp3) is 0.238. The zero-order valence-corrected chi connectivity index (χ0v) is 16.8. The van der Waals surface area contributed by atoms with E-state index < -0.39 is 4.92 Å². The lowest BCUT2D eigenvalue weighted by molar-refractivity contribution is -0.384. The first-order chi connectivity index (χ1) is 14.9. The van der Waals surface area contributed by atoms with Crippen molar-refractivity contribution in [2.24, 2.45) is 0 Å². The van der Waals surface area contributed by atoms with Gasteiger partial charge in [0.2, 0.25) is 5.91 Å². The minimum Gasteiger partial charge on any atom is -0.351 e. The van der Waals surface area contributed by atoms with Crippen molar-refractivity contribution in [2.45, 2.75) is 6.92 Å². The quantitative estimate of drug-likeness (QED) is 0.508. The summed E-state index contributed by atoms with van der Waals surface area (Å²) >= 11 is 0. The summed E-state index contributed by atoms with van der Waals surface area (Å²) in [5.74, 6) is 0.731. The second-order valence-corrected chi connectivity index (χ2v) is 7.17. The molecule has 0 aliphatic carbocycles. The van der Waals surface area contributed by atoms with Crippen LogP contribution in [-0.2, 0) is 4.79 Å². The van der Waals surface area contributed by atoms with Crippen LogP contribution in [0.25, 0.3) is 10.9 Å². The molecule has 10 heteroatoms. The van der Waals surface area contributed by atoms with E-state index in [2.05, 4.69) is 15.3 Å². The van der Waals surface area contributed by atoms with Crippen LogP contribution in [0.5, 0.6) is 0 Å². The minimum absolute atomic E-state index is 0.0501. The van der Waals surface area contributed by atoms with Crippen LogP contribution < -0.4 is 10.2 Å². The molecular weight excluding hydrogens is 400 g/mol. The van der Waals surface area contributed by atoms with Crippen molar-refractivity contribution in [3.05, 3.63) is 64.3 Å². The highest BCUT2D eigenvalue weighted by Crippen LogP contribution is 2.27. The summed E-state index contributed by atoms with van der Waals surface area (Å²) in [5, 5.41) is 14.4. The minimum atomic E-state index is -0.493. The van der Waals surface area contributed by atoms with E-state index in [1.165, 1.54) is 31.2 Å². The molecular formula is C21H20N6O4. The van der Waals surface area contributed by atoms with Crippen LogP contribution in [-0.4, -0.2) is 57.8 Å². The summed E-state index contributed by atoms with van der Waals surface area (Å²) in [7, 11) is 0. The van der Waals surface area contributed by atoms with Crippen molar-refractivity contribution in [1.82, 2.24) is 14.9 Å². The molecule has 2 aromatic heterocycles. The maximum atomic E-state index is 12.8. The van der Waals surface area contributed by atoms with Gasteiger partial charge in [-0.05, 0) is 24.3 Å². The number of fused-ring (bicyclic) bond motifs is 1. The number of hydrogen-bond donors (Lipinski definition) is 1. The first kappa shape index (κ1) is 20.2. The van der Waals surface area contributed by atoms with E-state index in [9.17, 15) is 19.7 Å². The summed E-state index contributed by atoms with van der Waals surface area (Å²) in [6.07, 6.45) is 1.69. The zero-order valence-electron chi connectivity index (χ0n) is 16.8. The lowest BCUT2D eigenvalue weighted by Gasteiger charge is -2.35. The van der Waals surface area contributed by atoms with Crippen molar-refractivity contribution in [2.75, 3.05) is 36.4 Å². The first-order valence-corrected chi connectivity index (χ1v) is 9.74. The fourth-order valence-electron chi connectivity index (χ4n) is 3.56. The van der Waals surface area contributed by atoms with Gasteiger partial charge in [0.05, 0.1) is 4.92 Å². The van der Waals surface area contributed by atoms with Crippen molar-refractivity contribution < 1.29 is 14.5 Å². The molecule has 0 spiro atoms. The van der Waals surface area contributed by atoms with Gasteiger partial charge in [0.15, 0.2) is 5.82 Å². The van der Waals surface area contributed by atoms with E-state index in [4.69, 9.17) is 0 Å². The molecule has 1 fully saturated rings. The molecule has 4 rings (SSSR count). The molecule has 3 heterocycles. The Hall–Kier alpha value is -4.08. The Morgan fingerprint density at radius 1 is 1.10 bits per heavy atom. The number of hydrogen-bond acceptors (Lipinski definition) is 7. The highest BCUT2D eigenvalue weighted by molar-refractivity contribution is 5.96. The Morgan fingerprint density at radius 2 is 1.81 bits per heavy atom. The average molecular weight is 420 g/mol. The summed E-state index contributed by atoms with van der Waals surface area (Å²) in [5.41, 5.74) is 1.09. The van der Waals surface area contributed by atoms with Gasteiger partial charge in [0, 0.05) is 62.4 Å². The number of piperazine rings is 1. The molecule has 1 aliphatic heterocycles. The summed E-state index contributed by atoms with van der Waals surface area (Å²) in [6, 6.07) is 11.1. The van der Waals surface area contributed by atoms with Crippen LogP contribution in [0.3, 0.4) is 0 Å². The number of carbonyl (C=O) groups is 2. The topological polar surface area (TPSA) is 122 Å². The number of rotatable bonds is 4. The zero-order chi connectivity index (χ0) is 22.0. The predicted octanol–water partition coefficient (Wildman–Crippen LogP) is 2.46. The summed E-state index contributed by atoms with van der Waals surface area (Å²) in [4.78, 5) is 47.4. The van der Waals surface area contributed by atoms with Gasteiger partial charge in [-0.3, -0.25) is 24.7 Å². The summed E-state index contributed by atoms with van der Waals surface area (Å²) < 4.78 is 0. The lowest BCUT2D eigenvalue weighted by atomic mass is 10.1. The Balaban J connectivity index is 1.52. The van der Waals surface area contributed by atoms with Gasteiger partial charge < -0.3 is 15.1 Å². The van der Waals surface area contributed by atoms with Crippen molar-refractivity contribution in [1.29, 1.82) is 0 Å². The Labute approximate surface area is 177 Å². The number of carbonyl (C=O) groups excluding carboxylic acids is 2. The maximum absolute atomic E-state index is 12.8. The SMILES string of the molecule is CC(=O)Nc1cc2cccnc2c(N2CCN(C(=O)c3ccc([N+](=O)[O-])cc3)CC2)n1. The van der Waals surface area contributed by atoms with Crippen LogP contribution >= 0.6 is 0 Å². The van der Waals surface area contributed by atoms with Gasteiger partial charge in [0.1, 0.15) is 11.3 Å². The number of nitrogens with zero attached hydrogens (tertiary/aromatic N) is 5. The Kier molecular flexibility index (Phi) is 5.44. The highest BCUT2D eigenvalue weighted by atomic mass is 16.6. The first-order valence-electron chi connectivity index (χ1n) is 9.74. The molecule has 158 valence electrons. The Morgan fingerprint density at radius 3 is 2.45 bits per heavy atom. The third-order valence-corrected chi connectivity index (χ3v) is 5.06. The molecule has 1 N–H and O–H groups in total. The third-order valence-electron chi connectivity index (χ3n) is 5.06. The highest BCUT2D eigenvalue weighted by Gasteiger charge is 2.25. The number of anilines is 2. The van der Waals surface area contributed by atoms with Crippen molar-refractivity contribution >= 4 is 40.0 Å². The standard InChI is InChI=1S/C21H20N6O4/c1-14(28)23-18-13-16-3-2-8-22-19(16)20(24-18)25-9-11-26(12-10-25)21(29)15-4-6-17(7-5-15)27(30)31/h2-8,13H,9-12H2,1H3,(H,23,24,28). The second-order valence-electron chi connectivity index (χ2n) is 7.17. The third kappa shape index (κ3) is 4.27. The maximum Gasteiger partial charge on any atom is 0.269 e. The molecule has 0 bridgehead atoms. The molecule has 10 nitrogen and oxygen atoms in total. The number of nitro benzene ring substituents is 1. The van der Waals surface area contributed by atoms with Gasteiger partial charge in [-0.25, -0.2) is 4.98 Å². The number of pyridine rings is 2. The van der Waals surface area contributed by atoms with Crippen LogP contribution in [0.4, 0.5) is 17.3 Å². The monoisotopic (exact) mass is 420 g/mol. The van der Waals surface area contributed by atoms with Gasteiger partial charge in [0.25, 0.3) is 11.6 Å². The van der Waals surface area contributed by atoms with Crippen LogP contribution in [0, 0.1) is 10.1 Å². The van der Waals surface area contributed by atoms with Gasteiger partial charge in [-0.15, -0.1) is 0 Å². The number of aromatic nitrogens is 2. The Bertz CT molecular complexity index is 1160. The molecule has 31 heavy (non-hydrogen) atoms. The van der Waals surface area contributed by atoms with Crippen molar-refractivity contribution in [3.63, 3.8) is 0 Å². The molecule has 1 aliphatic rings.